The lowest BCUT2D eigenvalue weighted by molar-refractivity contribution is -0.118. The van der Waals surface area contributed by atoms with Crippen LogP contribution < -0.4 is 15.2 Å². The molecule has 7 nitrogen and oxygen atoms in total. The number of hydrogen-bond donors (Lipinski definition) is 1. The summed E-state index contributed by atoms with van der Waals surface area (Å²) in [5.41, 5.74) is 9.14. The second-order valence-electron chi connectivity index (χ2n) is 10.4. The van der Waals surface area contributed by atoms with Gasteiger partial charge in [0, 0.05) is 36.9 Å². The van der Waals surface area contributed by atoms with Crippen LogP contribution in [0, 0.1) is 22.6 Å². The second-order valence-corrected chi connectivity index (χ2v) is 11.3. The molecule has 0 spiro atoms. The molecular formula is C30H33BrFN3O4. The Labute approximate surface area is 237 Å². The first-order chi connectivity index (χ1) is 18.6. The van der Waals surface area contributed by atoms with E-state index in [1.807, 2.05) is 17.9 Å². The number of benzene rings is 2. The number of carbonyl (C=O) groups excluding carboxylic acids is 1. The highest BCUT2D eigenvalue weighted by Crippen LogP contribution is 2.50. The molecule has 1 aliphatic heterocycles. The zero-order valence-corrected chi connectivity index (χ0v) is 24.2. The fraction of sp³-hybridized carbons (Fsp3) is 0.400. The maximum atomic E-state index is 14.2. The summed E-state index contributed by atoms with van der Waals surface area (Å²) in [6.07, 6.45) is 0.999. The van der Waals surface area contributed by atoms with Gasteiger partial charge in [-0.2, -0.15) is 5.26 Å². The van der Waals surface area contributed by atoms with Crippen LogP contribution in [-0.2, 0) is 16.1 Å². The van der Waals surface area contributed by atoms with Crippen molar-refractivity contribution < 1.29 is 23.4 Å². The Morgan fingerprint density at radius 2 is 1.97 bits per heavy atom. The molecule has 2 aliphatic rings. The van der Waals surface area contributed by atoms with Crippen LogP contribution in [-0.4, -0.2) is 37.6 Å². The van der Waals surface area contributed by atoms with Crippen molar-refractivity contribution in [1.82, 2.24) is 4.90 Å². The van der Waals surface area contributed by atoms with Crippen LogP contribution in [0.5, 0.6) is 11.5 Å². The van der Waals surface area contributed by atoms with E-state index in [1.54, 1.807) is 31.4 Å². The second kappa shape index (κ2) is 11.8. The Hall–Kier alpha value is -3.35. The number of halogens is 2. The molecule has 0 unspecified atom stereocenters. The van der Waals surface area contributed by atoms with Gasteiger partial charge in [0.05, 0.1) is 35.2 Å². The first kappa shape index (κ1) is 28.7. The maximum Gasteiger partial charge on any atom is 0.175 e. The van der Waals surface area contributed by atoms with E-state index in [2.05, 4.69) is 35.8 Å². The van der Waals surface area contributed by atoms with Gasteiger partial charge in [-0.25, -0.2) is 4.39 Å². The molecule has 1 heterocycles. The molecule has 9 heteroatoms. The van der Waals surface area contributed by atoms with E-state index in [9.17, 15) is 14.4 Å². The van der Waals surface area contributed by atoms with Crippen LogP contribution in [0.4, 0.5) is 4.39 Å². The first-order valence-electron chi connectivity index (χ1n) is 12.9. The van der Waals surface area contributed by atoms with E-state index in [0.29, 0.717) is 76.7 Å². The number of rotatable bonds is 9. The number of allylic oxidation sites excluding steroid dienone is 3. The van der Waals surface area contributed by atoms with Gasteiger partial charge in [0.2, 0.25) is 0 Å². The van der Waals surface area contributed by atoms with E-state index < -0.39 is 5.92 Å². The number of Topliss-reactive ketones (excluding diaryl/α,β-unsaturated/α-hetero) is 1. The molecule has 0 radical (unpaired) electrons. The Morgan fingerprint density at radius 3 is 2.64 bits per heavy atom. The molecule has 0 saturated heterocycles. The van der Waals surface area contributed by atoms with Gasteiger partial charge in [-0.15, -0.1) is 0 Å². The molecular weight excluding hydrogens is 565 g/mol. The van der Waals surface area contributed by atoms with Crippen molar-refractivity contribution in [3.63, 3.8) is 0 Å². The van der Waals surface area contributed by atoms with Gasteiger partial charge in [-0.1, -0.05) is 32.0 Å². The maximum absolute atomic E-state index is 14.2. The number of carbonyl (C=O) groups is 1. The van der Waals surface area contributed by atoms with Crippen molar-refractivity contribution in [1.29, 1.82) is 5.26 Å². The van der Waals surface area contributed by atoms with Crippen LogP contribution in [0.2, 0.25) is 0 Å². The van der Waals surface area contributed by atoms with Crippen molar-refractivity contribution in [2.45, 2.75) is 46.1 Å². The number of hydrogen-bond acceptors (Lipinski definition) is 7. The number of ketones is 1. The topological polar surface area (TPSA) is 97.8 Å². The number of ether oxygens (including phenoxy) is 3. The zero-order chi connectivity index (χ0) is 28.3. The lowest BCUT2D eigenvalue weighted by Gasteiger charge is -2.43. The SMILES string of the molecule is CCOc1cc([C@H]2C(C#N)=C(N)N(CCOC)C3=C2C(=O)CC(C)(C)C3)cc(Br)c1OCc1ccccc1F. The largest absolute Gasteiger partial charge is 0.490 e. The number of nitrogens with zero attached hydrogens (tertiary/aromatic N) is 2. The molecule has 1 aliphatic carbocycles. The smallest absolute Gasteiger partial charge is 0.175 e. The highest BCUT2D eigenvalue weighted by molar-refractivity contribution is 9.10. The fourth-order valence-electron chi connectivity index (χ4n) is 5.27. The molecule has 0 fully saturated rings. The van der Waals surface area contributed by atoms with Crippen molar-refractivity contribution in [3.05, 3.63) is 80.5 Å². The summed E-state index contributed by atoms with van der Waals surface area (Å²) in [7, 11) is 1.60. The van der Waals surface area contributed by atoms with E-state index >= 15 is 0 Å². The van der Waals surface area contributed by atoms with E-state index in [1.165, 1.54) is 6.07 Å². The van der Waals surface area contributed by atoms with Crippen LogP contribution >= 0.6 is 15.9 Å². The van der Waals surface area contributed by atoms with Gasteiger partial charge in [-0.05, 0) is 58.5 Å². The lowest BCUT2D eigenvalue weighted by Crippen LogP contribution is -2.43. The first-order valence-corrected chi connectivity index (χ1v) is 13.7. The van der Waals surface area contributed by atoms with E-state index in [-0.39, 0.29) is 23.6 Å². The average molecular weight is 599 g/mol. The van der Waals surface area contributed by atoms with Gasteiger partial charge in [0.25, 0.3) is 0 Å². The molecule has 39 heavy (non-hydrogen) atoms. The van der Waals surface area contributed by atoms with Crippen molar-refractivity contribution in [2.24, 2.45) is 11.1 Å². The Balaban J connectivity index is 1.83. The number of nitriles is 1. The van der Waals surface area contributed by atoms with Gasteiger partial charge in [0.1, 0.15) is 18.2 Å². The molecule has 0 aromatic heterocycles. The van der Waals surface area contributed by atoms with Gasteiger partial charge >= 0.3 is 0 Å². The summed E-state index contributed by atoms with van der Waals surface area (Å²) in [6, 6.07) is 12.3. The van der Waals surface area contributed by atoms with Crippen LogP contribution in [0.3, 0.4) is 0 Å². The summed E-state index contributed by atoms with van der Waals surface area (Å²) in [5, 5.41) is 10.3. The molecule has 0 amide bonds. The summed E-state index contributed by atoms with van der Waals surface area (Å²) in [5.74, 6) is 0.105. The predicted octanol–water partition coefficient (Wildman–Crippen LogP) is 5.95. The van der Waals surface area contributed by atoms with Gasteiger partial charge < -0.3 is 24.8 Å². The zero-order valence-electron chi connectivity index (χ0n) is 22.6. The number of nitrogens with two attached hydrogens (primary N) is 1. The van der Waals surface area contributed by atoms with Gasteiger partial charge in [0.15, 0.2) is 17.3 Å². The Bertz CT molecular complexity index is 1380. The summed E-state index contributed by atoms with van der Waals surface area (Å²) in [4.78, 5) is 15.5. The third kappa shape index (κ3) is 5.82. The highest BCUT2D eigenvalue weighted by atomic mass is 79.9. The third-order valence-electron chi connectivity index (χ3n) is 7.00. The molecule has 1 atom stereocenters. The minimum Gasteiger partial charge on any atom is -0.490 e. The monoisotopic (exact) mass is 597 g/mol. The third-order valence-corrected chi connectivity index (χ3v) is 7.59. The van der Waals surface area contributed by atoms with Crippen molar-refractivity contribution in [2.75, 3.05) is 26.9 Å². The predicted molar refractivity (Wildman–Crippen MR) is 149 cm³/mol. The molecule has 206 valence electrons. The lowest BCUT2D eigenvalue weighted by atomic mass is 9.68. The number of methoxy groups -OCH3 is 1. The van der Waals surface area contributed by atoms with Crippen LogP contribution in [0.15, 0.2) is 63.5 Å². The van der Waals surface area contributed by atoms with E-state index in [4.69, 9.17) is 19.9 Å². The minimum absolute atomic E-state index is 0.00173. The molecule has 2 aromatic rings. The summed E-state index contributed by atoms with van der Waals surface area (Å²) < 4.78 is 32.0. The Kier molecular flexibility index (Phi) is 8.67. The summed E-state index contributed by atoms with van der Waals surface area (Å²) >= 11 is 3.59. The van der Waals surface area contributed by atoms with Crippen LogP contribution in [0.1, 0.15) is 50.7 Å². The van der Waals surface area contributed by atoms with Gasteiger partial charge in [-0.3, -0.25) is 4.79 Å². The normalized spacial score (nSPS) is 18.6. The fourth-order valence-corrected chi connectivity index (χ4v) is 5.84. The van der Waals surface area contributed by atoms with Crippen molar-refractivity contribution >= 4 is 21.7 Å². The molecule has 2 N–H and O–H groups in total. The quantitative estimate of drug-likeness (QED) is 0.381. The minimum atomic E-state index is -0.663. The van der Waals surface area contributed by atoms with Crippen LogP contribution in [0.25, 0.3) is 0 Å². The molecule has 0 bridgehead atoms. The highest BCUT2D eigenvalue weighted by Gasteiger charge is 2.44. The molecule has 4 rings (SSSR count). The standard InChI is InChI=1S/C30H33BrFN3O4/c1-5-38-25-13-19(12-21(31)28(25)39-17-18-8-6-7-9-22(18)32)26-20(16-33)29(34)35(10-11-37-4)23-14-30(2,3)15-24(36)27(23)26/h6-9,12-13,26H,5,10-11,14-15,17,34H2,1-4H3/t26-/m0/s1. The average Bonchev–Trinajstić information content (AvgIpc) is 2.87. The van der Waals surface area contributed by atoms with E-state index in [0.717, 1.165) is 5.70 Å². The Morgan fingerprint density at radius 1 is 1.23 bits per heavy atom. The molecule has 0 saturated carbocycles. The van der Waals surface area contributed by atoms with Crippen molar-refractivity contribution in [3.8, 4) is 17.6 Å². The molecule has 2 aromatic carbocycles. The summed E-state index contributed by atoms with van der Waals surface area (Å²) in [6.45, 7) is 7.14.